The van der Waals surface area contributed by atoms with E-state index in [0.717, 1.165) is 28.2 Å². The summed E-state index contributed by atoms with van der Waals surface area (Å²) < 4.78 is 87.5. The maximum absolute atomic E-state index is 11.8. The van der Waals surface area contributed by atoms with Gasteiger partial charge in [-0.2, -0.15) is 8.78 Å². The molecule has 0 amide bonds. The SMILES string of the molecule is COc1cc(OC(C)C)ccc1C.COc1cc(OC(F)(F)F)ccc1C.COc1cc(OC(F)F)ccc1C. The summed E-state index contributed by atoms with van der Waals surface area (Å²) in [5.41, 5.74) is 2.75. The minimum Gasteiger partial charge on any atom is -0.496 e. The first kappa shape index (κ1) is 34.1. The Bertz CT molecular complexity index is 1120. The predicted molar refractivity (Wildman–Crippen MR) is 142 cm³/mol. The molecule has 3 aromatic carbocycles. The molecule has 0 saturated carbocycles. The second-order valence-corrected chi connectivity index (χ2v) is 8.49. The molecule has 0 fully saturated rings. The molecule has 0 saturated heterocycles. The van der Waals surface area contributed by atoms with Crippen molar-refractivity contribution in [2.45, 2.75) is 53.7 Å². The number of alkyl halides is 5. The Morgan fingerprint density at radius 2 is 0.925 bits per heavy atom. The van der Waals surface area contributed by atoms with Crippen molar-refractivity contribution < 1.29 is 50.4 Å². The average Bonchev–Trinajstić information content (AvgIpc) is 2.87. The summed E-state index contributed by atoms with van der Waals surface area (Å²) in [6.07, 6.45) is -4.47. The Hall–Kier alpha value is -3.89. The standard InChI is InChI=1S/C11H16O2.C9H9F3O2.C9H10F2O2/c1-8(2)13-10-6-5-9(3)11(7-10)12-4;1-6-3-4-7(5-8(6)13-2)14-9(10,11)12;1-6-3-4-7(13-9(10)11)5-8(6)12-2/h5-8H,1-4H3;3-5H,1-2H3;3-5,9H,1-2H3. The Labute approximate surface area is 231 Å². The van der Waals surface area contributed by atoms with E-state index >= 15 is 0 Å². The summed E-state index contributed by atoms with van der Waals surface area (Å²) in [4.78, 5) is 0. The van der Waals surface area contributed by atoms with Gasteiger partial charge in [0.1, 0.15) is 34.5 Å². The van der Waals surface area contributed by atoms with Gasteiger partial charge < -0.3 is 28.4 Å². The van der Waals surface area contributed by atoms with Crippen molar-refractivity contribution in [3.63, 3.8) is 0 Å². The van der Waals surface area contributed by atoms with Crippen LogP contribution < -0.4 is 28.4 Å². The van der Waals surface area contributed by atoms with Gasteiger partial charge in [0.05, 0.1) is 27.4 Å². The normalized spacial score (nSPS) is 10.6. The van der Waals surface area contributed by atoms with Gasteiger partial charge in [0.25, 0.3) is 0 Å². The van der Waals surface area contributed by atoms with Gasteiger partial charge in [-0.25, -0.2) is 0 Å². The largest absolute Gasteiger partial charge is 0.573 e. The maximum atomic E-state index is 11.8. The zero-order valence-corrected chi connectivity index (χ0v) is 23.7. The van der Waals surface area contributed by atoms with Crippen molar-refractivity contribution in [3.8, 4) is 34.5 Å². The zero-order valence-electron chi connectivity index (χ0n) is 23.7. The third kappa shape index (κ3) is 12.8. The molecule has 0 unspecified atom stereocenters. The number of aryl methyl sites for hydroxylation is 3. The fourth-order valence-corrected chi connectivity index (χ4v) is 3.12. The number of hydrogen-bond donors (Lipinski definition) is 0. The fourth-order valence-electron chi connectivity index (χ4n) is 3.12. The van der Waals surface area contributed by atoms with Gasteiger partial charge in [0, 0.05) is 18.2 Å². The van der Waals surface area contributed by atoms with E-state index in [4.69, 9.17) is 18.9 Å². The van der Waals surface area contributed by atoms with E-state index in [1.807, 2.05) is 45.9 Å². The van der Waals surface area contributed by atoms with Crippen LogP contribution in [-0.4, -0.2) is 40.4 Å². The lowest BCUT2D eigenvalue weighted by Crippen LogP contribution is -2.17. The number of hydrogen-bond acceptors (Lipinski definition) is 6. The average molecular weight is 575 g/mol. The van der Waals surface area contributed by atoms with E-state index in [1.54, 1.807) is 20.1 Å². The Morgan fingerprint density at radius 1 is 0.575 bits per heavy atom. The van der Waals surface area contributed by atoms with E-state index in [0.29, 0.717) is 11.5 Å². The summed E-state index contributed by atoms with van der Waals surface area (Å²) in [7, 11) is 4.54. The summed E-state index contributed by atoms with van der Waals surface area (Å²) in [6, 6.07) is 14.4. The van der Waals surface area contributed by atoms with Crippen LogP contribution in [-0.2, 0) is 0 Å². The van der Waals surface area contributed by atoms with E-state index in [2.05, 4.69) is 9.47 Å². The molecule has 222 valence electrons. The van der Waals surface area contributed by atoms with Crippen molar-refractivity contribution >= 4 is 0 Å². The fraction of sp³-hybridized carbons (Fsp3) is 0.379. The molecule has 0 atom stereocenters. The minimum atomic E-state index is -4.67. The number of halogens is 5. The first-order valence-electron chi connectivity index (χ1n) is 12.0. The third-order valence-corrected chi connectivity index (χ3v) is 4.97. The van der Waals surface area contributed by atoms with Crippen molar-refractivity contribution in [1.29, 1.82) is 0 Å². The minimum absolute atomic E-state index is 0.109. The second-order valence-electron chi connectivity index (χ2n) is 8.49. The van der Waals surface area contributed by atoms with E-state index in [-0.39, 0.29) is 17.6 Å². The molecule has 0 aliphatic carbocycles. The highest BCUT2D eigenvalue weighted by Crippen LogP contribution is 2.28. The molecule has 0 radical (unpaired) electrons. The molecule has 0 heterocycles. The van der Waals surface area contributed by atoms with Crippen LogP contribution in [0, 0.1) is 20.8 Å². The van der Waals surface area contributed by atoms with Crippen molar-refractivity contribution in [3.05, 3.63) is 71.3 Å². The molecule has 3 rings (SSSR count). The van der Waals surface area contributed by atoms with E-state index < -0.39 is 13.0 Å². The van der Waals surface area contributed by atoms with Gasteiger partial charge in [0.15, 0.2) is 0 Å². The van der Waals surface area contributed by atoms with Crippen LogP contribution in [0.2, 0.25) is 0 Å². The molecular weight excluding hydrogens is 539 g/mol. The van der Waals surface area contributed by atoms with Gasteiger partial charge in [-0.1, -0.05) is 18.2 Å². The predicted octanol–water partition coefficient (Wildman–Crippen LogP) is 8.30. The Kier molecular flexibility index (Phi) is 13.9. The molecular formula is C29H35F5O6. The Morgan fingerprint density at radius 3 is 1.25 bits per heavy atom. The number of rotatable bonds is 8. The van der Waals surface area contributed by atoms with Crippen LogP contribution in [0.25, 0.3) is 0 Å². The highest BCUT2D eigenvalue weighted by Gasteiger charge is 2.31. The van der Waals surface area contributed by atoms with Crippen LogP contribution >= 0.6 is 0 Å². The molecule has 11 heteroatoms. The lowest BCUT2D eigenvalue weighted by molar-refractivity contribution is -0.274. The van der Waals surface area contributed by atoms with Gasteiger partial charge >= 0.3 is 13.0 Å². The number of benzene rings is 3. The smallest absolute Gasteiger partial charge is 0.496 e. The quantitative estimate of drug-likeness (QED) is 0.252. The van der Waals surface area contributed by atoms with E-state index in [1.165, 1.54) is 44.6 Å². The highest BCUT2D eigenvalue weighted by molar-refractivity contribution is 5.41. The molecule has 0 aliphatic rings. The molecule has 40 heavy (non-hydrogen) atoms. The molecule has 0 aliphatic heterocycles. The van der Waals surface area contributed by atoms with Gasteiger partial charge in [-0.15, -0.1) is 13.2 Å². The second kappa shape index (κ2) is 16.3. The van der Waals surface area contributed by atoms with Crippen molar-refractivity contribution in [2.75, 3.05) is 21.3 Å². The zero-order chi connectivity index (χ0) is 30.5. The van der Waals surface area contributed by atoms with Gasteiger partial charge in [-0.05, 0) is 69.5 Å². The van der Waals surface area contributed by atoms with Crippen molar-refractivity contribution in [2.24, 2.45) is 0 Å². The molecule has 0 spiro atoms. The highest BCUT2D eigenvalue weighted by atomic mass is 19.4. The van der Waals surface area contributed by atoms with Crippen LogP contribution in [0.1, 0.15) is 30.5 Å². The third-order valence-electron chi connectivity index (χ3n) is 4.97. The van der Waals surface area contributed by atoms with Crippen LogP contribution in [0.4, 0.5) is 22.0 Å². The number of methoxy groups -OCH3 is 3. The van der Waals surface area contributed by atoms with Gasteiger partial charge in [-0.3, -0.25) is 0 Å². The maximum Gasteiger partial charge on any atom is 0.573 e. The van der Waals surface area contributed by atoms with Crippen molar-refractivity contribution in [1.82, 2.24) is 0 Å². The van der Waals surface area contributed by atoms with Crippen LogP contribution in [0.15, 0.2) is 54.6 Å². The summed E-state index contributed by atoms with van der Waals surface area (Å²) in [5, 5.41) is 0. The molecule has 6 nitrogen and oxygen atoms in total. The lowest BCUT2D eigenvalue weighted by atomic mass is 10.2. The monoisotopic (exact) mass is 574 g/mol. The topological polar surface area (TPSA) is 55.4 Å². The van der Waals surface area contributed by atoms with Crippen LogP contribution in [0.5, 0.6) is 34.5 Å². The molecule has 3 aromatic rings. The first-order valence-corrected chi connectivity index (χ1v) is 12.0. The Balaban J connectivity index is 0.000000300. The van der Waals surface area contributed by atoms with Gasteiger partial charge in [0.2, 0.25) is 0 Å². The number of ether oxygens (including phenoxy) is 6. The molecule has 0 aromatic heterocycles. The summed E-state index contributed by atoms with van der Waals surface area (Å²) in [5.74, 6) is 2.47. The molecule has 0 N–H and O–H groups in total. The van der Waals surface area contributed by atoms with Crippen LogP contribution in [0.3, 0.4) is 0 Å². The summed E-state index contributed by atoms with van der Waals surface area (Å²) >= 11 is 0. The van der Waals surface area contributed by atoms with E-state index in [9.17, 15) is 22.0 Å². The summed E-state index contributed by atoms with van der Waals surface area (Å²) in [6.45, 7) is 6.78. The first-order chi connectivity index (χ1) is 18.7. The lowest BCUT2D eigenvalue weighted by Gasteiger charge is -2.11. The molecule has 0 bridgehead atoms.